The molecule has 1 aromatic rings. The first kappa shape index (κ1) is 5.81. The van der Waals surface area contributed by atoms with E-state index in [0.717, 1.165) is 0 Å². The van der Waals surface area contributed by atoms with Crippen LogP contribution in [-0.2, 0) is 4.74 Å². The van der Waals surface area contributed by atoms with Gasteiger partial charge in [0, 0.05) is 6.07 Å². The molecule has 9 heavy (non-hydrogen) atoms. The fourth-order valence-electron chi connectivity index (χ4n) is 0.392. The largest absolute Gasteiger partial charge is 0.457 e. The van der Waals surface area contributed by atoms with Crippen molar-refractivity contribution in [2.75, 3.05) is 0 Å². The molecule has 0 aliphatic carbocycles. The van der Waals surface area contributed by atoms with E-state index in [1.807, 2.05) is 0 Å². The second kappa shape index (κ2) is 2.30. The van der Waals surface area contributed by atoms with Gasteiger partial charge in [-0.15, -0.1) is 0 Å². The lowest BCUT2D eigenvalue weighted by Gasteiger charge is -1.87. The minimum absolute atomic E-state index is 0.130. The van der Waals surface area contributed by atoms with Crippen molar-refractivity contribution in [3.05, 3.63) is 25.1 Å². The van der Waals surface area contributed by atoms with Crippen molar-refractivity contribution in [2.45, 2.75) is 0 Å². The standard InChI is InChI=1S/C5H4NO3/c1-8-5(7)4-2-3-9-6-4/h2-3H,1H2. The second-order valence-corrected chi connectivity index (χ2v) is 1.32. The summed E-state index contributed by atoms with van der Waals surface area (Å²) in [7, 11) is 2.91. The Morgan fingerprint density at radius 2 is 2.67 bits per heavy atom. The summed E-state index contributed by atoms with van der Waals surface area (Å²) in [6.07, 6.45) is 1.28. The Balaban J connectivity index is 2.77. The second-order valence-electron chi connectivity index (χ2n) is 1.32. The highest BCUT2D eigenvalue weighted by Crippen LogP contribution is 1.95. The van der Waals surface area contributed by atoms with Crippen molar-refractivity contribution in [1.82, 2.24) is 5.16 Å². The fraction of sp³-hybridized carbons (Fsp3) is 0. The summed E-state index contributed by atoms with van der Waals surface area (Å²) in [5.74, 6) is -0.594. The number of hydrogen-bond acceptors (Lipinski definition) is 4. The lowest BCUT2D eigenvalue weighted by atomic mass is 10.4. The van der Waals surface area contributed by atoms with Gasteiger partial charge in [-0.05, 0) is 0 Å². The number of rotatable bonds is 1. The minimum Gasteiger partial charge on any atom is -0.457 e. The van der Waals surface area contributed by atoms with Gasteiger partial charge in [-0.1, -0.05) is 5.16 Å². The molecule has 0 spiro atoms. The highest BCUT2D eigenvalue weighted by Gasteiger charge is 2.06. The molecule has 4 nitrogen and oxygen atoms in total. The Morgan fingerprint density at radius 1 is 1.89 bits per heavy atom. The molecule has 1 heterocycles. The predicted octanol–water partition coefficient (Wildman–Crippen LogP) is 0.623. The maximum Gasteiger partial charge on any atom is 0.360 e. The molecule has 0 saturated heterocycles. The third-order valence-corrected chi connectivity index (χ3v) is 0.778. The van der Waals surface area contributed by atoms with Crippen LogP contribution in [0.4, 0.5) is 0 Å². The van der Waals surface area contributed by atoms with E-state index in [9.17, 15) is 4.79 Å². The Hall–Kier alpha value is -1.32. The molecule has 0 amide bonds. The van der Waals surface area contributed by atoms with Crippen molar-refractivity contribution in [2.24, 2.45) is 0 Å². The number of carbonyl (C=O) groups excluding carboxylic acids is 1. The molecule has 0 aliphatic heterocycles. The van der Waals surface area contributed by atoms with Gasteiger partial charge in [0.05, 0.1) is 0 Å². The van der Waals surface area contributed by atoms with E-state index >= 15 is 0 Å². The summed E-state index contributed by atoms with van der Waals surface area (Å²) in [5.41, 5.74) is 0.130. The zero-order chi connectivity index (χ0) is 6.69. The maximum atomic E-state index is 10.5. The van der Waals surface area contributed by atoms with E-state index < -0.39 is 5.97 Å². The summed E-state index contributed by atoms with van der Waals surface area (Å²) in [6, 6.07) is 1.40. The molecule has 0 atom stereocenters. The van der Waals surface area contributed by atoms with Gasteiger partial charge in [-0.2, -0.15) is 0 Å². The first-order chi connectivity index (χ1) is 4.34. The molecular weight excluding hydrogens is 122 g/mol. The Kier molecular flexibility index (Phi) is 1.48. The van der Waals surface area contributed by atoms with Crippen LogP contribution in [-0.4, -0.2) is 11.1 Å². The first-order valence-electron chi connectivity index (χ1n) is 2.21. The zero-order valence-electron chi connectivity index (χ0n) is 4.53. The van der Waals surface area contributed by atoms with Crippen molar-refractivity contribution in [3.63, 3.8) is 0 Å². The van der Waals surface area contributed by atoms with Gasteiger partial charge in [0.25, 0.3) is 0 Å². The molecule has 0 N–H and O–H groups in total. The number of ether oxygens (including phenoxy) is 1. The highest BCUT2D eigenvalue weighted by molar-refractivity contribution is 5.86. The molecule has 1 radical (unpaired) electrons. The monoisotopic (exact) mass is 126 g/mol. The zero-order valence-corrected chi connectivity index (χ0v) is 4.53. The molecule has 0 aliphatic rings. The quantitative estimate of drug-likeness (QED) is 0.517. The van der Waals surface area contributed by atoms with Crippen LogP contribution in [0, 0.1) is 7.11 Å². The third-order valence-electron chi connectivity index (χ3n) is 0.778. The van der Waals surface area contributed by atoms with Crippen LogP contribution in [0.15, 0.2) is 16.9 Å². The van der Waals surface area contributed by atoms with Gasteiger partial charge in [0.2, 0.25) is 0 Å². The topological polar surface area (TPSA) is 52.3 Å². The van der Waals surface area contributed by atoms with Crippen LogP contribution >= 0.6 is 0 Å². The first-order valence-corrected chi connectivity index (χ1v) is 2.21. The molecule has 0 fully saturated rings. The number of hydrogen-bond donors (Lipinski definition) is 0. The predicted molar refractivity (Wildman–Crippen MR) is 27.3 cm³/mol. The van der Waals surface area contributed by atoms with Gasteiger partial charge >= 0.3 is 5.97 Å². The molecule has 4 heteroatoms. The average molecular weight is 126 g/mol. The summed E-state index contributed by atoms with van der Waals surface area (Å²) in [6.45, 7) is 0. The van der Waals surface area contributed by atoms with Crippen molar-refractivity contribution < 1.29 is 14.1 Å². The van der Waals surface area contributed by atoms with Gasteiger partial charge in [0.1, 0.15) is 13.4 Å². The van der Waals surface area contributed by atoms with Crippen molar-refractivity contribution in [1.29, 1.82) is 0 Å². The van der Waals surface area contributed by atoms with E-state index in [2.05, 4.69) is 21.5 Å². The third kappa shape index (κ3) is 1.07. The molecule has 0 aromatic carbocycles. The molecular formula is C5H4NO3. The van der Waals surface area contributed by atoms with E-state index in [1.54, 1.807) is 0 Å². The van der Waals surface area contributed by atoms with E-state index in [1.165, 1.54) is 12.3 Å². The summed E-state index contributed by atoms with van der Waals surface area (Å²) < 4.78 is 8.44. The summed E-state index contributed by atoms with van der Waals surface area (Å²) in [4.78, 5) is 10.5. The minimum atomic E-state index is -0.594. The SMILES string of the molecule is [CH2]OC(=O)c1ccon1. The number of nitrogens with zero attached hydrogens (tertiary/aromatic N) is 1. The van der Waals surface area contributed by atoms with Gasteiger partial charge in [-0.3, -0.25) is 0 Å². The molecule has 0 saturated carbocycles. The van der Waals surface area contributed by atoms with E-state index in [4.69, 9.17) is 0 Å². The molecule has 0 unspecified atom stereocenters. The maximum absolute atomic E-state index is 10.5. The Morgan fingerprint density at radius 3 is 3.11 bits per heavy atom. The Labute approximate surface area is 51.4 Å². The lowest BCUT2D eigenvalue weighted by molar-refractivity contribution is 0.0642. The fourth-order valence-corrected chi connectivity index (χ4v) is 0.392. The smallest absolute Gasteiger partial charge is 0.360 e. The molecule has 1 rings (SSSR count). The van der Waals surface area contributed by atoms with Gasteiger partial charge < -0.3 is 9.26 Å². The lowest BCUT2D eigenvalue weighted by Crippen LogP contribution is -1.98. The number of aromatic nitrogens is 1. The van der Waals surface area contributed by atoms with Crippen LogP contribution in [0.5, 0.6) is 0 Å². The van der Waals surface area contributed by atoms with Gasteiger partial charge in [-0.25, -0.2) is 4.79 Å². The van der Waals surface area contributed by atoms with Crippen molar-refractivity contribution in [3.8, 4) is 0 Å². The van der Waals surface area contributed by atoms with Crippen LogP contribution in [0.1, 0.15) is 10.5 Å². The normalized spacial score (nSPS) is 9.00. The van der Waals surface area contributed by atoms with Crippen molar-refractivity contribution >= 4 is 5.97 Å². The average Bonchev–Trinajstić information content (AvgIpc) is 2.37. The number of carbonyl (C=O) groups is 1. The highest BCUT2D eigenvalue weighted by atomic mass is 16.5. The van der Waals surface area contributed by atoms with E-state index in [0.29, 0.717) is 0 Å². The molecule has 1 aromatic heterocycles. The van der Waals surface area contributed by atoms with E-state index in [-0.39, 0.29) is 5.69 Å². The molecule has 0 bridgehead atoms. The summed E-state index contributed by atoms with van der Waals surface area (Å²) in [5, 5.41) is 3.30. The van der Waals surface area contributed by atoms with Crippen LogP contribution in [0.25, 0.3) is 0 Å². The van der Waals surface area contributed by atoms with Crippen LogP contribution < -0.4 is 0 Å². The molecule has 47 valence electrons. The van der Waals surface area contributed by atoms with Crippen LogP contribution in [0.3, 0.4) is 0 Å². The van der Waals surface area contributed by atoms with Gasteiger partial charge in [0.15, 0.2) is 5.69 Å². The summed E-state index contributed by atoms with van der Waals surface area (Å²) >= 11 is 0. The number of esters is 1. The Bertz CT molecular complexity index is 192. The van der Waals surface area contributed by atoms with Crippen LogP contribution in [0.2, 0.25) is 0 Å².